The number of halogens is 3. The first-order chi connectivity index (χ1) is 6.34. The number of alkyl halides is 3. The fourth-order valence-corrected chi connectivity index (χ4v) is 1.39. The molecule has 0 fully saturated rings. The first-order valence-electron chi connectivity index (χ1n) is 4.02. The van der Waals surface area contributed by atoms with Crippen molar-refractivity contribution in [3.8, 4) is 0 Å². The van der Waals surface area contributed by atoms with Crippen molar-refractivity contribution < 1.29 is 18.0 Å². The number of nitrogens with one attached hydrogen (secondary N) is 1. The van der Waals surface area contributed by atoms with Crippen molar-refractivity contribution in [3.05, 3.63) is 0 Å². The smallest absolute Gasteiger partial charge is 0.347 e. The molecule has 84 valence electrons. The van der Waals surface area contributed by atoms with Crippen LogP contribution in [0.25, 0.3) is 0 Å². The molecule has 0 saturated heterocycles. The number of hydrogen-bond acceptors (Lipinski definition) is 3. The van der Waals surface area contributed by atoms with Crippen LogP contribution in [0.1, 0.15) is 6.92 Å². The third kappa shape index (κ3) is 7.02. The summed E-state index contributed by atoms with van der Waals surface area (Å²) in [6, 6.07) is 0.0123. The van der Waals surface area contributed by atoms with Crippen LogP contribution in [0.2, 0.25) is 0 Å². The predicted molar refractivity (Wildman–Crippen MR) is 50.0 cm³/mol. The number of thioether (sulfide) groups is 1. The number of nitrogens with two attached hydrogens (primary N) is 1. The van der Waals surface area contributed by atoms with Gasteiger partial charge in [-0.15, -0.1) is 0 Å². The SMILES string of the molecule is C[C@@H](N)CSCCNC(=O)C(F)(F)F. The largest absolute Gasteiger partial charge is 0.471 e. The molecule has 0 aliphatic rings. The number of hydrogen-bond donors (Lipinski definition) is 2. The van der Waals surface area contributed by atoms with E-state index in [1.807, 2.05) is 0 Å². The molecule has 0 unspecified atom stereocenters. The summed E-state index contributed by atoms with van der Waals surface area (Å²) < 4.78 is 34.9. The predicted octanol–water partition coefficient (Wildman–Crippen LogP) is 0.745. The fourth-order valence-electron chi connectivity index (χ4n) is 0.606. The third-order valence-corrected chi connectivity index (χ3v) is 2.42. The van der Waals surface area contributed by atoms with E-state index in [1.54, 1.807) is 12.2 Å². The number of amides is 1. The molecule has 0 spiro atoms. The maximum atomic E-state index is 11.6. The highest BCUT2D eigenvalue weighted by atomic mass is 32.2. The molecule has 7 heteroatoms. The Labute approximate surface area is 84.6 Å². The second-order valence-corrected chi connectivity index (χ2v) is 3.96. The molecule has 0 aromatic carbocycles. The fraction of sp³-hybridized carbons (Fsp3) is 0.857. The van der Waals surface area contributed by atoms with Gasteiger partial charge in [0, 0.05) is 24.1 Å². The molecule has 14 heavy (non-hydrogen) atoms. The molecule has 0 saturated carbocycles. The lowest BCUT2D eigenvalue weighted by Crippen LogP contribution is -2.38. The van der Waals surface area contributed by atoms with Crippen molar-refractivity contribution in [3.63, 3.8) is 0 Å². The van der Waals surface area contributed by atoms with Gasteiger partial charge < -0.3 is 11.1 Å². The Balaban J connectivity index is 3.42. The van der Waals surface area contributed by atoms with E-state index in [2.05, 4.69) is 0 Å². The average molecular weight is 230 g/mol. The summed E-state index contributed by atoms with van der Waals surface area (Å²) in [6.45, 7) is 1.82. The van der Waals surface area contributed by atoms with Gasteiger partial charge in [-0.25, -0.2) is 0 Å². The van der Waals surface area contributed by atoms with Crippen LogP contribution < -0.4 is 11.1 Å². The average Bonchev–Trinajstić information content (AvgIpc) is 2.01. The van der Waals surface area contributed by atoms with Gasteiger partial charge >= 0.3 is 12.1 Å². The zero-order chi connectivity index (χ0) is 11.2. The molecule has 3 nitrogen and oxygen atoms in total. The van der Waals surface area contributed by atoms with Crippen LogP contribution in [-0.4, -0.2) is 36.2 Å². The van der Waals surface area contributed by atoms with Gasteiger partial charge in [0.25, 0.3) is 0 Å². The number of carbonyl (C=O) groups is 1. The van der Waals surface area contributed by atoms with Crippen LogP contribution in [0, 0.1) is 0 Å². The van der Waals surface area contributed by atoms with Gasteiger partial charge in [0.15, 0.2) is 0 Å². The van der Waals surface area contributed by atoms with E-state index in [4.69, 9.17) is 5.73 Å². The zero-order valence-corrected chi connectivity index (χ0v) is 8.54. The highest BCUT2D eigenvalue weighted by Crippen LogP contribution is 2.13. The zero-order valence-electron chi connectivity index (χ0n) is 7.73. The van der Waals surface area contributed by atoms with E-state index >= 15 is 0 Å². The molecule has 0 aliphatic heterocycles. The van der Waals surface area contributed by atoms with E-state index in [0.29, 0.717) is 11.5 Å². The minimum Gasteiger partial charge on any atom is -0.347 e. The minimum atomic E-state index is -4.79. The maximum Gasteiger partial charge on any atom is 0.471 e. The highest BCUT2D eigenvalue weighted by Gasteiger charge is 2.38. The molecule has 0 bridgehead atoms. The van der Waals surface area contributed by atoms with E-state index in [1.165, 1.54) is 11.8 Å². The lowest BCUT2D eigenvalue weighted by molar-refractivity contribution is -0.173. The van der Waals surface area contributed by atoms with Crippen molar-refractivity contribution in [1.82, 2.24) is 5.32 Å². The van der Waals surface area contributed by atoms with Crippen molar-refractivity contribution in [2.75, 3.05) is 18.1 Å². The topological polar surface area (TPSA) is 55.1 Å². The summed E-state index contributed by atoms with van der Waals surface area (Å²) in [5.41, 5.74) is 5.42. The Morgan fingerprint density at radius 1 is 1.57 bits per heavy atom. The summed E-state index contributed by atoms with van der Waals surface area (Å²) in [6.07, 6.45) is -4.79. The van der Waals surface area contributed by atoms with Crippen LogP contribution >= 0.6 is 11.8 Å². The van der Waals surface area contributed by atoms with E-state index in [-0.39, 0.29) is 12.6 Å². The highest BCUT2D eigenvalue weighted by molar-refractivity contribution is 7.99. The Bertz CT molecular complexity index is 184. The molecule has 3 N–H and O–H groups in total. The van der Waals surface area contributed by atoms with Gasteiger partial charge in [-0.3, -0.25) is 4.79 Å². The molecule has 1 atom stereocenters. The summed E-state index contributed by atoms with van der Waals surface area (Å²) in [4.78, 5) is 10.3. The summed E-state index contributed by atoms with van der Waals surface area (Å²) in [7, 11) is 0. The van der Waals surface area contributed by atoms with Crippen LogP contribution in [0.3, 0.4) is 0 Å². The molecule has 0 rings (SSSR count). The van der Waals surface area contributed by atoms with Crippen molar-refractivity contribution in [2.24, 2.45) is 5.73 Å². The third-order valence-electron chi connectivity index (χ3n) is 1.17. The molecule has 1 amide bonds. The monoisotopic (exact) mass is 230 g/mol. The molecular weight excluding hydrogens is 217 g/mol. The van der Waals surface area contributed by atoms with Gasteiger partial charge in [-0.05, 0) is 6.92 Å². The van der Waals surface area contributed by atoms with Crippen molar-refractivity contribution in [1.29, 1.82) is 0 Å². The van der Waals surface area contributed by atoms with Crippen LogP contribution in [0.15, 0.2) is 0 Å². The van der Waals surface area contributed by atoms with Gasteiger partial charge in [-0.1, -0.05) is 0 Å². The quantitative estimate of drug-likeness (QED) is 0.685. The van der Waals surface area contributed by atoms with Crippen molar-refractivity contribution in [2.45, 2.75) is 19.1 Å². The molecule has 0 aromatic heterocycles. The van der Waals surface area contributed by atoms with Gasteiger partial charge in [0.2, 0.25) is 0 Å². The first-order valence-corrected chi connectivity index (χ1v) is 5.18. The standard InChI is InChI=1S/C7H13F3N2OS/c1-5(11)4-14-3-2-12-6(13)7(8,9)10/h5H,2-4,11H2,1H3,(H,12,13)/t5-/m1/s1. The van der Waals surface area contributed by atoms with Gasteiger partial charge in [0.05, 0.1) is 0 Å². The summed E-state index contributed by atoms with van der Waals surface area (Å²) in [5.74, 6) is -0.787. The van der Waals surface area contributed by atoms with E-state index in [0.717, 1.165) is 0 Å². The molecule has 0 aliphatic carbocycles. The lowest BCUT2D eigenvalue weighted by Gasteiger charge is -2.08. The van der Waals surface area contributed by atoms with Crippen LogP contribution in [-0.2, 0) is 4.79 Å². The second-order valence-electron chi connectivity index (χ2n) is 2.81. The number of rotatable bonds is 5. The summed E-state index contributed by atoms with van der Waals surface area (Å²) >= 11 is 1.41. The Hall–Kier alpha value is -0.430. The molecular formula is C7H13F3N2OS. The van der Waals surface area contributed by atoms with Crippen LogP contribution in [0.4, 0.5) is 13.2 Å². The minimum absolute atomic E-state index is 0.00965. The Kier molecular flexibility index (Phi) is 5.94. The van der Waals surface area contributed by atoms with Crippen molar-refractivity contribution >= 4 is 17.7 Å². The first kappa shape index (κ1) is 13.6. The lowest BCUT2D eigenvalue weighted by atomic mass is 10.4. The Morgan fingerprint density at radius 3 is 2.57 bits per heavy atom. The molecule has 0 radical (unpaired) electrons. The summed E-state index contributed by atoms with van der Waals surface area (Å²) in [5, 5.41) is 1.77. The van der Waals surface area contributed by atoms with E-state index < -0.39 is 12.1 Å². The maximum absolute atomic E-state index is 11.6. The van der Waals surface area contributed by atoms with Gasteiger partial charge in [0.1, 0.15) is 0 Å². The number of carbonyl (C=O) groups excluding carboxylic acids is 1. The molecule has 0 aromatic rings. The molecule has 0 heterocycles. The Morgan fingerprint density at radius 2 is 2.14 bits per heavy atom. The van der Waals surface area contributed by atoms with Crippen LogP contribution in [0.5, 0.6) is 0 Å². The van der Waals surface area contributed by atoms with Gasteiger partial charge in [-0.2, -0.15) is 24.9 Å². The second kappa shape index (κ2) is 6.13. The van der Waals surface area contributed by atoms with E-state index in [9.17, 15) is 18.0 Å². The normalized spacial score (nSPS) is 13.8.